The molecular formula is C19H14N3NaOS. The van der Waals surface area contributed by atoms with Crippen LogP contribution in [0.4, 0.5) is 0 Å². The molecule has 2 aromatic carbocycles. The first kappa shape index (κ1) is 19.2. The summed E-state index contributed by atoms with van der Waals surface area (Å²) in [4.78, 5) is 15.8. The Kier molecular flexibility index (Phi) is 7.23. The van der Waals surface area contributed by atoms with Gasteiger partial charge in [0.2, 0.25) is 6.19 Å². The van der Waals surface area contributed by atoms with Crippen molar-refractivity contribution in [3.63, 3.8) is 0 Å². The number of rotatable bonds is 3. The van der Waals surface area contributed by atoms with E-state index in [1.54, 1.807) is 12.3 Å². The Balaban J connectivity index is 0.00000169. The van der Waals surface area contributed by atoms with Crippen molar-refractivity contribution >= 4 is 41.1 Å². The fraction of sp³-hybridized carbons (Fsp3) is 0. The van der Waals surface area contributed by atoms with Gasteiger partial charge in [-0.25, -0.2) is 0 Å². The van der Waals surface area contributed by atoms with Crippen molar-refractivity contribution < 1.29 is 35.8 Å². The number of carbonyl (C=O) groups is 1. The van der Waals surface area contributed by atoms with Crippen LogP contribution in [0.3, 0.4) is 0 Å². The van der Waals surface area contributed by atoms with Gasteiger partial charge in [-0.3, -0.25) is 10.1 Å². The molecule has 0 radical (unpaired) electrons. The molecule has 0 saturated carbocycles. The molecule has 1 fully saturated rings. The molecule has 1 saturated heterocycles. The van der Waals surface area contributed by atoms with E-state index < -0.39 is 0 Å². The molecule has 3 rings (SSSR count). The minimum atomic E-state index is -0.234. The predicted molar refractivity (Wildman–Crippen MR) is 99.7 cm³/mol. The van der Waals surface area contributed by atoms with Crippen LogP contribution in [0.5, 0.6) is 0 Å². The summed E-state index contributed by atoms with van der Waals surface area (Å²) in [5, 5.41) is 11.4. The number of hydrogen-bond donors (Lipinski definition) is 1. The van der Waals surface area contributed by atoms with Gasteiger partial charge in [-0.05, 0) is 34.5 Å². The van der Waals surface area contributed by atoms with Crippen molar-refractivity contribution in [3.05, 3.63) is 76.2 Å². The number of amidine groups is 1. The van der Waals surface area contributed by atoms with Crippen LogP contribution in [0.25, 0.3) is 18.2 Å². The van der Waals surface area contributed by atoms with Crippen LogP contribution in [0.2, 0.25) is 0 Å². The van der Waals surface area contributed by atoms with Gasteiger partial charge in [0, 0.05) is 0 Å². The summed E-state index contributed by atoms with van der Waals surface area (Å²) in [6.45, 7) is 0. The van der Waals surface area contributed by atoms with Gasteiger partial charge in [-0.1, -0.05) is 66.7 Å². The zero-order valence-corrected chi connectivity index (χ0v) is 16.5. The van der Waals surface area contributed by atoms with Crippen LogP contribution in [0.15, 0.2) is 64.5 Å². The summed E-state index contributed by atoms with van der Waals surface area (Å²) in [6, 6.07) is 18.0. The van der Waals surface area contributed by atoms with Crippen LogP contribution < -0.4 is 34.9 Å². The summed E-state index contributed by atoms with van der Waals surface area (Å²) < 4.78 is 0. The van der Waals surface area contributed by atoms with E-state index in [0.29, 0.717) is 10.1 Å². The van der Waals surface area contributed by atoms with Gasteiger partial charge >= 0.3 is 29.6 Å². The molecule has 0 spiro atoms. The number of amides is 1. The molecule has 1 heterocycles. The quantitative estimate of drug-likeness (QED) is 0.387. The van der Waals surface area contributed by atoms with E-state index in [4.69, 9.17) is 5.26 Å². The van der Waals surface area contributed by atoms with Crippen molar-refractivity contribution in [2.45, 2.75) is 0 Å². The van der Waals surface area contributed by atoms with Crippen molar-refractivity contribution in [1.82, 2.24) is 5.32 Å². The Morgan fingerprint density at radius 1 is 1.00 bits per heavy atom. The number of aliphatic imine (C=N–C) groups is 1. The predicted octanol–water partition coefficient (Wildman–Crippen LogP) is 1.01. The van der Waals surface area contributed by atoms with Crippen molar-refractivity contribution in [2.75, 3.05) is 0 Å². The van der Waals surface area contributed by atoms with E-state index >= 15 is 0 Å². The zero-order valence-electron chi connectivity index (χ0n) is 14.6. The molecule has 0 unspecified atom stereocenters. The van der Waals surface area contributed by atoms with Gasteiger partial charge in [0.05, 0.1) is 4.91 Å². The number of nitriles is 1. The molecule has 1 N–H and O–H groups in total. The molecule has 2 aromatic rings. The smallest absolute Gasteiger partial charge is 1.00 e. The zero-order chi connectivity index (χ0) is 16.8. The first-order valence-corrected chi connectivity index (χ1v) is 8.07. The van der Waals surface area contributed by atoms with Gasteiger partial charge in [0.1, 0.15) is 0 Å². The molecule has 1 aliphatic heterocycles. The van der Waals surface area contributed by atoms with E-state index in [0.717, 1.165) is 28.5 Å². The number of thioether (sulfide) groups is 1. The Morgan fingerprint density at radius 2 is 1.60 bits per heavy atom. The Bertz CT molecular complexity index is 887. The maximum atomic E-state index is 11.8. The van der Waals surface area contributed by atoms with Crippen LogP contribution in [-0.2, 0) is 4.79 Å². The van der Waals surface area contributed by atoms with Crippen LogP contribution in [-0.4, -0.2) is 11.1 Å². The van der Waals surface area contributed by atoms with Crippen molar-refractivity contribution in [1.29, 1.82) is 5.26 Å². The molecule has 118 valence electrons. The third kappa shape index (κ3) is 5.45. The van der Waals surface area contributed by atoms with Gasteiger partial charge in [0.25, 0.3) is 5.91 Å². The molecule has 25 heavy (non-hydrogen) atoms. The molecular weight excluding hydrogens is 341 g/mol. The van der Waals surface area contributed by atoms with E-state index in [2.05, 4.69) is 16.4 Å². The molecule has 0 atom stereocenters. The van der Waals surface area contributed by atoms with Crippen LogP contribution in [0, 0.1) is 11.5 Å². The number of carbonyl (C=O) groups excluding carboxylic acids is 1. The number of hydrogen-bond acceptors (Lipinski definition) is 4. The molecule has 1 aliphatic rings. The van der Waals surface area contributed by atoms with Gasteiger partial charge in [0.15, 0.2) is 5.17 Å². The summed E-state index contributed by atoms with van der Waals surface area (Å²) in [5.74, 6) is -0.234. The third-order valence-electron chi connectivity index (χ3n) is 3.30. The average Bonchev–Trinajstić information content (AvgIpc) is 2.95. The minimum Gasteiger partial charge on any atom is -1.00 e. The Morgan fingerprint density at radius 3 is 2.24 bits per heavy atom. The van der Waals surface area contributed by atoms with Gasteiger partial charge in [-0.2, -0.15) is 5.26 Å². The maximum Gasteiger partial charge on any atom is 1.00 e. The standard InChI is InChI=1S/C19H13N3OS.Na.H/c20-13-21-19-22-18(23)17(24-19)12-16-10-8-15(9-11-16)7-6-14-4-2-1-3-5-14;;/h1-12H,(H,21,22,23);;/q;+1;-1. The number of nitrogens with one attached hydrogen (secondary N) is 1. The van der Waals surface area contributed by atoms with E-state index in [-0.39, 0.29) is 36.9 Å². The summed E-state index contributed by atoms with van der Waals surface area (Å²) in [6.07, 6.45) is 7.55. The van der Waals surface area contributed by atoms with Gasteiger partial charge < -0.3 is 1.43 Å². The van der Waals surface area contributed by atoms with Crippen LogP contribution in [0.1, 0.15) is 18.1 Å². The number of nitrogens with zero attached hydrogens (tertiary/aromatic N) is 2. The van der Waals surface area contributed by atoms with Gasteiger partial charge in [-0.15, -0.1) is 4.99 Å². The van der Waals surface area contributed by atoms with E-state index in [1.165, 1.54) is 0 Å². The SMILES string of the molecule is N#CN=C1NC(=O)C(=Cc2ccc(C=Cc3ccccc3)cc2)S1.[H-].[Na+]. The monoisotopic (exact) mass is 355 g/mol. The normalized spacial score (nSPS) is 16.7. The molecule has 1 amide bonds. The topological polar surface area (TPSA) is 65.2 Å². The third-order valence-corrected chi connectivity index (χ3v) is 4.21. The summed E-state index contributed by atoms with van der Waals surface area (Å²) in [5.41, 5.74) is 3.14. The summed E-state index contributed by atoms with van der Waals surface area (Å²) in [7, 11) is 0. The minimum absolute atomic E-state index is 0. The molecule has 0 aromatic heterocycles. The second-order valence-electron chi connectivity index (χ2n) is 4.99. The largest absolute Gasteiger partial charge is 1.00 e. The molecule has 4 nitrogen and oxygen atoms in total. The van der Waals surface area contributed by atoms with Crippen LogP contribution >= 0.6 is 11.8 Å². The second kappa shape index (κ2) is 9.40. The van der Waals surface area contributed by atoms with E-state index in [9.17, 15) is 4.79 Å². The molecule has 0 aliphatic carbocycles. The Labute approximate surface area is 174 Å². The fourth-order valence-corrected chi connectivity index (χ4v) is 2.91. The molecule has 6 heteroatoms. The molecule has 0 bridgehead atoms. The fourth-order valence-electron chi connectivity index (χ4n) is 2.14. The maximum absolute atomic E-state index is 11.8. The second-order valence-corrected chi connectivity index (χ2v) is 6.02. The first-order chi connectivity index (χ1) is 11.7. The Hall–Kier alpha value is -2.10. The number of benzene rings is 2. The average molecular weight is 355 g/mol. The van der Waals surface area contributed by atoms with E-state index in [1.807, 2.05) is 60.7 Å². The first-order valence-electron chi connectivity index (χ1n) is 7.25. The van der Waals surface area contributed by atoms with Crippen molar-refractivity contribution in [2.24, 2.45) is 4.99 Å². The van der Waals surface area contributed by atoms with Crippen molar-refractivity contribution in [3.8, 4) is 6.19 Å². The summed E-state index contributed by atoms with van der Waals surface area (Å²) >= 11 is 1.16.